The summed E-state index contributed by atoms with van der Waals surface area (Å²) in [5.41, 5.74) is 2.41. The third-order valence-electron chi connectivity index (χ3n) is 5.60. The summed E-state index contributed by atoms with van der Waals surface area (Å²) in [6.07, 6.45) is 6.07. The molecule has 0 radical (unpaired) electrons. The number of benzene rings is 2. The van der Waals surface area contributed by atoms with E-state index in [4.69, 9.17) is 0 Å². The summed E-state index contributed by atoms with van der Waals surface area (Å²) in [6.45, 7) is 3.55. The summed E-state index contributed by atoms with van der Waals surface area (Å²) in [7, 11) is -7.21. The molecule has 2 N–H and O–H groups in total. The Kier molecular flexibility index (Phi) is 7.91. The fraction of sp³-hybridized carbons (Fsp3) is 0.478. The molecule has 0 unspecified atom stereocenters. The van der Waals surface area contributed by atoms with Gasteiger partial charge in [-0.25, -0.2) is 26.3 Å². The highest BCUT2D eigenvalue weighted by molar-refractivity contribution is 7.89. The van der Waals surface area contributed by atoms with Crippen molar-refractivity contribution in [3.63, 3.8) is 0 Å². The molecule has 6 nitrogen and oxygen atoms in total. The molecule has 0 spiro atoms. The molecule has 0 aliphatic heterocycles. The topological polar surface area (TPSA) is 92.3 Å². The largest absolute Gasteiger partial charge is 0.240 e. The highest BCUT2D eigenvalue weighted by Gasteiger charge is 2.19. The average molecular weight is 465 g/mol. The van der Waals surface area contributed by atoms with Crippen molar-refractivity contribution in [2.75, 3.05) is 0 Å². The zero-order valence-corrected chi connectivity index (χ0v) is 19.8. The van der Waals surface area contributed by atoms with Gasteiger partial charge < -0.3 is 0 Å². The first kappa shape index (κ1) is 23.9. The Morgan fingerprint density at radius 2 is 1.48 bits per heavy atom. The van der Waals surface area contributed by atoms with E-state index in [1.165, 1.54) is 24.8 Å². The van der Waals surface area contributed by atoms with Crippen LogP contribution in [0.4, 0.5) is 0 Å². The molecule has 3 rings (SSSR count). The van der Waals surface area contributed by atoms with Crippen LogP contribution in [0.15, 0.2) is 53.4 Å². The first-order valence-corrected chi connectivity index (χ1v) is 14.0. The van der Waals surface area contributed by atoms with Gasteiger partial charge >= 0.3 is 0 Å². The van der Waals surface area contributed by atoms with Crippen LogP contribution >= 0.6 is 0 Å². The molecule has 0 aromatic heterocycles. The van der Waals surface area contributed by atoms with Crippen LogP contribution in [0.25, 0.3) is 0 Å². The highest BCUT2D eigenvalue weighted by atomic mass is 32.2. The first-order valence-electron chi connectivity index (χ1n) is 10.8. The predicted molar refractivity (Wildman–Crippen MR) is 124 cm³/mol. The minimum atomic E-state index is -3.70. The van der Waals surface area contributed by atoms with E-state index in [2.05, 4.69) is 9.44 Å². The lowest BCUT2D eigenvalue weighted by Crippen LogP contribution is -2.32. The average Bonchev–Trinajstić information content (AvgIpc) is 2.73. The molecule has 0 heterocycles. The van der Waals surface area contributed by atoms with E-state index >= 15 is 0 Å². The van der Waals surface area contributed by atoms with Crippen LogP contribution in [-0.2, 0) is 32.3 Å². The van der Waals surface area contributed by atoms with Gasteiger partial charge in [-0.1, -0.05) is 55.7 Å². The minimum Gasteiger partial charge on any atom is -0.212 e. The maximum absolute atomic E-state index is 12.8. The Bertz CT molecular complexity index is 1070. The van der Waals surface area contributed by atoms with Gasteiger partial charge in [-0.2, -0.15) is 0 Å². The van der Waals surface area contributed by atoms with Crippen molar-refractivity contribution < 1.29 is 16.8 Å². The summed E-state index contributed by atoms with van der Waals surface area (Å²) < 4.78 is 55.4. The Hall–Kier alpha value is -1.74. The second-order valence-electron chi connectivity index (χ2n) is 8.53. The van der Waals surface area contributed by atoms with E-state index in [9.17, 15) is 16.8 Å². The lowest BCUT2D eigenvalue weighted by Gasteiger charge is -2.22. The van der Waals surface area contributed by atoms with Crippen molar-refractivity contribution in [2.24, 2.45) is 0 Å². The lowest BCUT2D eigenvalue weighted by molar-refractivity contribution is 0.443. The molecule has 170 valence electrons. The minimum absolute atomic E-state index is 0.0279. The molecular formula is C23H32N2O4S2. The summed E-state index contributed by atoms with van der Waals surface area (Å²) >= 11 is 0. The first-order chi connectivity index (χ1) is 14.7. The van der Waals surface area contributed by atoms with E-state index < -0.39 is 20.0 Å². The SMILES string of the molecule is CC(C)NS(=O)(=O)Cc1ccccc1CNS(=O)(=O)c1ccc(C2CCCCC2)cc1. The maximum Gasteiger partial charge on any atom is 0.240 e. The molecule has 1 saturated carbocycles. The van der Waals surface area contributed by atoms with Crippen molar-refractivity contribution in [3.8, 4) is 0 Å². The van der Waals surface area contributed by atoms with Crippen LogP contribution in [0, 0.1) is 0 Å². The lowest BCUT2D eigenvalue weighted by atomic mass is 9.84. The van der Waals surface area contributed by atoms with Crippen LogP contribution in [-0.4, -0.2) is 22.9 Å². The van der Waals surface area contributed by atoms with E-state index in [-0.39, 0.29) is 23.2 Å². The zero-order valence-electron chi connectivity index (χ0n) is 18.2. The Morgan fingerprint density at radius 1 is 0.871 bits per heavy atom. The van der Waals surface area contributed by atoms with Gasteiger partial charge in [-0.3, -0.25) is 0 Å². The molecule has 2 aromatic rings. The molecule has 1 aliphatic rings. The normalized spacial score (nSPS) is 16.0. The highest BCUT2D eigenvalue weighted by Crippen LogP contribution is 2.32. The molecule has 0 atom stereocenters. The van der Waals surface area contributed by atoms with Gasteiger partial charge in [0.15, 0.2) is 0 Å². The van der Waals surface area contributed by atoms with Gasteiger partial charge in [0.05, 0.1) is 10.6 Å². The fourth-order valence-corrected chi connectivity index (χ4v) is 6.59. The van der Waals surface area contributed by atoms with Gasteiger partial charge in [0.1, 0.15) is 0 Å². The van der Waals surface area contributed by atoms with Gasteiger partial charge in [0, 0.05) is 12.6 Å². The number of rotatable bonds is 9. The summed E-state index contributed by atoms with van der Waals surface area (Å²) in [5.74, 6) is 0.325. The smallest absolute Gasteiger partial charge is 0.212 e. The van der Waals surface area contributed by atoms with E-state index in [1.54, 1.807) is 50.2 Å². The van der Waals surface area contributed by atoms with Crippen LogP contribution in [0.1, 0.15) is 68.6 Å². The van der Waals surface area contributed by atoms with E-state index in [0.29, 0.717) is 17.0 Å². The fourth-order valence-electron chi connectivity index (χ4n) is 4.09. The van der Waals surface area contributed by atoms with Crippen molar-refractivity contribution >= 4 is 20.0 Å². The van der Waals surface area contributed by atoms with Gasteiger partial charge in [0.2, 0.25) is 20.0 Å². The number of hydrogen-bond donors (Lipinski definition) is 2. The molecule has 0 amide bonds. The third-order valence-corrected chi connectivity index (χ3v) is 8.54. The second-order valence-corrected chi connectivity index (χ2v) is 12.0. The Labute approximate surface area is 186 Å². The molecule has 1 fully saturated rings. The van der Waals surface area contributed by atoms with Gasteiger partial charge in [-0.15, -0.1) is 0 Å². The number of nitrogens with one attached hydrogen (secondary N) is 2. The van der Waals surface area contributed by atoms with Crippen LogP contribution in [0.3, 0.4) is 0 Å². The maximum atomic E-state index is 12.8. The standard InChI is InChI=1S/C23H32N2O4S2/c1-18(2)25-30(26,27)17-22-11-7-6-10-21(22)16-24-31(28,29)23-14-12-20(13-15-23)19-8-4-3-5-9-19/h6-7,10-15,18-19,24-25H,3-5,8-9,16-17H2,1-2H3. The molecule has 2 aromatic carbocycles. The quantitative estimate of drug-likeness (QED) is 0.586. The molecule has 8 heteroatoms. The van der Waals surface area contributed by atoms with Gasteiger partial charge in [-0.05, 0) is 61.4 Å². The molecule has 31 heavy (non-hydrogen) atoms. The van der Waals surface area contributed by atoms with Crippen LogP contribution < -0.4 is 9.44 Å². The number of sulfonamides is 2. The summed E-state index contributed by atoms with van der Waals surface area (Å²) in [5, 5.41) is 0. The molecular weight excluding hydrogens is 432 g/mol. The van der Waals surface area contributed by atoms with Crippen LogP contribution in [0.2, 0.25) is 0 Å². The zero-order chi connectivity index (χ0) is 22.5. The summed E-state index contributed by atoms with van der Waals surface area (Å²) in [4.78, 5) is 0.221. The predicted octanol–water partition coefficient (Wildman–Crippen LogP) is 4.04. The van der Waals surface area contributed by atoms with E-state index in [1.807, 2.05) is 12.1 Å². The second kappa shape index (κ2) is 10.3. The van der Waals surface area contributed by atoms with Gasteiger partial charge in [0.25, 0.3) is 0 Å². The van der Waals surface area contributed by atoms with Crippen LogP contribution in [0.5, 0.6) is 0 Å². The third kappa shape index (κ3) is 6.87. The van der Waals surface area contributed by atoms with Crippen molar-refractivity contribution in [3.05, 3.63) is 65.2 Å². The Morgan fingerprint density at radius 3 is 2.10 bits per heavy atom. The van der Waals surface area contributed by atoms with Crippen molar-refractivity contribution in [1.29, 1.82) is 0 Å². The monoisotopic (exact) mass is 464 g/mol. The van der Waals surface area contributed by atoms with E-state index in [0.717, 1.165) is 12.8 Å². The number of hydrogen-bond acceptors (Lipinski definition) is 4. The summed E-state index contributed by atoms with van der Waals surface area (Å²) in [6, 6.07) is 13.9. The molecule has 0 saturated heterocycles. The van der Waals surface area contributed by atoms with Crippen molar-refractivity contribution in [1.82, 2.24) is 9.44 Å². The molecule has 1 aliphatic carbocycles. The Balaban J connectivity index is 1.69. The molecule has 0 bridgehead atoms. The van der Waals surface area contributed by atoms with Crippen molar-refractivity contribution in [2.45, 2.75) is 75.1 Å².